The lowest BCUT2D eigenvalue weighted by atomic mass is 9.91. The highest BCUT2D eigenvalue weighted by molar-refractivity contribution is 6.32. The molecular weight excluding hydrogens is 380 g/mol. The molecule has 5 nitrogen and oxygen atoms in total. The van der Waals surface area contributed by atoms with Gasteiger partial charge in [-0.1, -0.05) is 41.9 Å². The molecule has 0 N–H and O–H groups in total. The number of benzene rings is 2. The van der Waals surface area contributed by atoms with E-state index in [0.29, 0.717) is 10.6 Å². The Morgan fingerprint density at radius 3 is 2.61 bits per heavy atom. The number of aryl methyl sites for hydroxylation is 1. The van der Waals surface area contributed by atoms with E-state index in [1.807, 2.05) is 30.3 Å². The molecule has 0 saturated carbocycles. The van der Waals surface area contributed by atoms with E-state index in [4.69, 9.17) is 25.5 Å². The molecule has 1 aliphatic carbocycles. The van der Waals surface area contributed by atoms with Crippen LogP contribution in [0.2, 0.25) is 5.02 Å². The van der Waals surface area contributed by atoms with Crippen LogP contribution in [0.3, 0.4) is 0 Å². The molecule has 0 atom stereocenters. The molecule has 0 unspecified atom stereocenters. The van der Waals surface area contributed by atoms with Gasteiger partial charge in [0, 0.05) is 17.0 Å². The number of hydrogen-bond acceptors (Lipinski definition) is 5. The number of carbonyl (C=O) groups excluding carboxylic acids is 1. The maximum Gasteiger partial charge on any atom is 0.344 e. The fraction of sp³-hybridized carbons (Fsp3) is 0.273. The van der Waals surface area contributed by atoms with Gasteiger partial charge in [-0.2, -0.15) is 0 Å². The van der Waals surface area contributed by atoms with Crippen LogP contribution in [0.25, 0.3) is 11.0 Å². The molecular formula is C22H19ClO5. The van der Waals surface area contributed by atoms with Crippen LogP contribution in [0.1, 0.15) is 29.5 Å². The fourth-order valence-corrected chi connectivity index (χ4v) is 3.69. The van der Waals surface area contributed by atoms with E-state index >= 15 is 0 Å². The lowest BCUT2D eigenvalue weighted by molar-refractivity contribution is -0.147. The summed E-state index contributed by atoms with van der Waals surface area (Å²) in [6.07, 6.45) is 3.59. The number of carbonyl (C=O) groups is 1. The topological polar surface area (TPSA) is 65.7 Å². The number of rotatable bonds is 5. The normalized spacial score (nSPS) is 13.2. The summed E-state index contributed by atoms with van der Waals surface area (Å²) in [5.74, 6) is -0.225. The Hall–Kier alpha value is -2.79. The van der Waals surface area contributed by atoms with Gasteiger partial charge in [0.25, 0.3) is 0 Å². The minimum Gasteiger partial charge on any atom is -0.480 e. The van der Waals surface area contributed by atoms with Crippen LogP contribution in [-0.2, 0) is 29.0 Å². The van der Waals surface area contributed by atoms with E-state index in [2.05, 4.69) is 0 Å². The lowest BCUT2D eigenvalue weighted by Crippen LogP contribution is -2.16. The van der Waals surface area contributed by atoms with Crippen molar-refractivity contribution in [3.8, 4) is 5.75 Å². The quantitative estimate of drug-likeness (QED) is 0.469. The second kappa shape index (κ2) is 8.07. The van der Waals surface area contributed by atoms with Crippen molar-refractivity contribution >= 4 is 28.5 Å². The maximum absolute atomic E-state index is 12.2. The summed E-state index contributed by atoms with van der Waals surface area (Å²) in [5.41, 5.74) is 2.76. The second-order valence-corrected chi connectivity index (χ2v) is 7.17. The Labute approximate surface area is 166 Å². The van der Waals surface area contributed by atoms with Crippen molar-refractivity contribution in [1.29, 1.82) is 0 Å². The van der Waals surface area contributed by atoms with Crippen molar-refractivity contribution in [2.24, 2.45) is 0 Å². The van der Waals surface area contributed by atoms with Crippen molar-refractivity contribution < 1.29 is 18.7 Å². The zero-order valence-corrected chi connectivity index (χ0v) is 16.0. The van der Waals surface area contributed by atoms with Gasteiger partial charge in [0.1, 0.15) is 17.9 Å². The van der Waals surface area contributed by atoms with E-state index in [1.165, 1.54) is 0 Å². The molecule has 0 spiro atoms. The van der Waals surface area contributed by atoms with Crippen LogP contribution in [0, 0.1) is 0 Å². The van der Waals surface area contributed by atoms with Crippen molar-refractivity contribution in [3.05, 3.63) is 74.6 Å². The summed E-state index contributed by atoms with van der Waals surface area (Å²) in [7, 11) is 0. The second-order valence-electron chi connectivity index (χ2n) is 6.77. The van der Waals surface area contributed by atoms with Gasteiger partial charge in [0.2, 0.25) is 0 Å². The zero-order chi connectivity index (χ0) is 19.5. The predicted molar refractivity (Wildman–Crippen MR) is 106 cm³/mol. The third kappa shape index (κ3) is 3.90. The largest absolute Gasteiger partial charge is 0.480 e. The highest BCUT2D eigenvalue weighted by Crippen LogP contribution is 2.34. The summed E-state index contributed by atoms with van der Waals surface area (Å²) in [5, 5.41) is 1.20. The standard InChI is InChI=1S/C22H19ClO5/c23-18-10-17-15-8-4-5-9-16(15)22(25)28-19(17)11-20(18)26-13-21(24)27-12-14-6-2-1-3-7-14/h1-3,6-7,10-11H,4-5,8-9,12-13H2. The minimum atomic E-state index is -0.507. The van der Waals surface area contributed by atoms with Gasteiger partial charge in [-0.05, 0) is 42.9 Å². The van der Waals surface area contributed by atoms with Gasteiger partial charge in [-0.15, -0.1) is 0 Å². The average Bonchev–Trinajstić information content (AvgIpc) is 2.72. The van der Waals surface area contributed by atoms with Crippen LogP contribution < -0.4 is 10.4 Å². The minimum absolute atomic E-state index is 0.176. The Morgan fingerprint density at radius 1 is 1.07 bits per heavy atom. The van der Waals surface area contributed by atoms with Crippen LogP contribution in [0.5, 0.6) is 5.75 Å². The molecule has 28 heavy (non-hydrogen) atoms. The molecule has 3 aromatic rings. The third-order valence-corrected chi connectivity index (χ3v) is 5.16. The first-order valence-electron chi connectivity index (χ1n) is 9.22. The molecule has 1 aliphatic rings. The Morgan fingerprint density at radius 2 is 1.82 bits per heavy atom. The molecule has 4 rings (SSSR count). The van der Waals surface area contributed by atoms with Gasteiger partial charge in [0.05, 0.1) is 5.02 Å². The number of halogens is 1. The molecule has 2 aromatic carbocycles. The van der Waals surface area contributed by atoms with Crippen molar-refractivity contribution in [2.45, 2.75) is 32.3 Å². The monoisotopic (exact) mass is 398 g/mol. The van der Waals surface area contributed by atoms with Crippen LogP contribution in [0.4, 0.5) is 0 Å². The summed E-state index contributed by atoms with van der Waals surface area (Å²) in [4.78, 5) is 24.2. The molecule has 0 fully saturated rings. The first-order valence-corrected chi connectivity index (χ1v) is 9.60. The molecule has 0 bridgehead atoms. The SMILES string of the molecule is O=C(COc1cc2oc(=O)c3c(c2cc1Cl)CCCC3)OCc1ccccc1. The maximum atomic E-state index is 12.2. The molecule has 1 heterocycles. The third-order valence-electron chi connectivity index (χ3n) is 4.86. The van der Waals surface area contributed by atoms with Gasteiger partial charge in [-0.3, -0.25) is 0 Å². The Kier molecular flexibility index (Phi) is 5.35. The Balaban J connectivity index is 1.49. The van der Waals surface area contributed by atoms with Crippen molar-refractivity contribution in [2.75, 3.05) is 6.61 Å². The molecule has 0 aliphatic heterocycles. The van der Waals surface area contributed by atoms with E-state index in [0.717, 1.165) is 47.8 Å². The molecule has 0 radical (unpaired) electrons. The average molecular weight is 399 g/mol. The van der Waals surface area contributed by atoms with Gasteiger partial charge in [-0.25, -0.2) is 9.59 Å². The van der Waals surface area contributed by atoms with Gasteiger partial charge in [0.15, 0.2) is 6.61 Å². The summed E-state index contributed by atoms with van der Waals surface area (Å²) in [6, 6.07) is 12.7. The smallest absolute Gasteiger partial charge is 0.344 e. The first-order chi connectivity index (χ1) is 13.6. The summed E-state index contributed by atoms with van der Waals surface area (Å²) < 4.78 is 16.2. The molecule has 6 heteroatoms. The molecule has 0 amide bonds. The number of ether oxygens (including phenoxy) is 2. The van der Waals surface area contributed by atoms with E-state index < -0.39 is 5.97 Å². The van der Waals surface area contributed by atoms with Gasteiger partial charge >= 0.3 is 11.6 Å². The molecule has 0 saturated heterocycles. The van der Waals surface area contributed by atoms with Gasteiger partial charge < -0.3 is 13.9 Å². The highest BCUT2D eigenvalue weighted by atomic mass is 35.5. The van der Waals surface area contributed by atoms with Crippen LogP contribution in [-0.4, -0.2) is 12.6 Å². The summed E-state index contributed by atoms with van der Waals surface area (Å²) in [6.45, 7) is -0.108. The van der Waals surface area contributed by atoms with E-state index in [9.17, 15) is 9.59 Å². The first kappa shape index (κ1) is 18.6. The highest BCUT2D eigenvalue weighted by Gasteiger charge is 2.20. The number of esters is 1. The number of fused-ring (bicyclic) bond motifs is 3. The molecule has 1 aromatic heterocycles. The predicted octanol–water partition coefficient (Wildman–Crippen LogP) is 4.45. The Bertz CT molecular complexity index is 1070. The molecule has 144 valence electrons. The van der Waals surface area contributed by atoms with E-state index in [1.54, 1.807) is 12.1 Å². The summed E-state index contributed by atoms with van der Waals surface area (Å²) >= 11 is 6.35. The van der Waals surface area contributed by atoms with Crippen LogP contribution in [0.15, 0.2) is 51.7 Å². The zero-order valence-electron chi connectivity index (χ0n) is 15.2. The van der Waals surface area contributed by atoms with Crippen molar-refractivity contribution in [3.63, 3.8) is 0 Å². The van der Waals surface area contributed by atoms with Crippen LogP contribution >= 0.6 is 11.6 Å². The van der Waals surface area contributed by atoms with E-state index in [-0.39, 0.29) is 24.6 Å². The van der Waals surface area contributed by atoms with Crippen molar-refractivity contribution in [1.82, 2.24) is 0 Å². The lowest BCUT2D eigenvalue weighted by Gasteiger charge is -2.17. The fourth-order valence-electron chi connectivity index (χ4n) is 3.47. The number of hydrogen-bond donors (Lipinski definition) is 0.